The van der Waals surface area contributed by atoms with Crippen molar-refractivity contribution in [3.05, 3.63) is 47.0 Å². The Hall–Kier alpha value is -0.890. The first kappa shape index (κ1) is 22.1. The quantitative estimate of drug-likeness (QED) is 0.515. The Morgan fingerprint density at radius 3 is 2.00 bits per heavy atom. The zero-order valence-electron chi connectivity index (χ0n) is 15.3. The molecule has 0 saturated heterocycles. The monoisotopic (exact) mass is 380 g/mol. The fraction of sp³-hybridized carbons (Fsp3) is 0.571. The Balaban J connectivity index is 0.000000335. The summed E-state index contributed by atoms with van der Waals surface area (Å²) in [6, 6.07) is 8.50. The van der Waals surface area contributed by atoms with E-state index in [2.05, 4.69) is 67.5 Å². The van der Waals surface area contributed by atoms with Gasteiger partial charge in [0, 0.05) is 4.47 Å². The molecule has 0 N–H and O–H groups in total. The average Bonchev–Trinajstić information content (AvgIpc) is 2.51. The van der Waals surface area contributed by atoms with Gasteiger partial charge in [-0.25, -0.2) is 0 Å². The highest BCUT2D eigenvalue weighted by atomic mass is 79.9. The maximum atomic E-state index is 9.69. The highest BCUT2D eigenvalue weighted by Gasteiger charge is 2.13. The van der Waals surface area contributed by atoms with E-state index in [1.54, 1.807) is 0 Å². The van der Waals surface area contributed by atoms with Gasteiger partial charge >= 0.3 is 0 Å². The summed E-state index contributed by atoms with van der Waals surface area (Å²) in [5.74, 6) is 2.04. The molecule has 2 heteroatoms. The van der Waals surface area contributed by atoms with E-state index < -0.39 is 0 Å². The minimum Gasteiger partial charge on any atom is -0.295 e. The topological polar surface area (TPSA) is 17.1 Å². The number of hydrogen-bond acceptors (Lipinski definition) is 1. The zero-order chi connectivity index (χ0) is 17.7. The fourth-order valence-corrected chi connectivity index (χ4v) is 2.94. The van der Waals surface area contributed by atoms with E-state index in [0.29, 0.717) is 0 Å². The average molecular weight is 381 g/mol. The molecule has 0 aromatic heterocycles. The second kappa shape index (κ2) is 13.5. The number of carbonyl (C=O) groups is 1. The summed E-state index contributed by atoms with van der Waals surface area (Å²) in [6.07, 6.45) is 9.59. The third-order valence-electron chi connectivity index (χ3n) is 3.94. The molecule has 1 fully saturated rings. The molecule has 130 valence electrons. The molecular weight excluding hydrogens is 348 g/mol. The van der Waals surface area contributed by atoms with Crippen LogP contribution in [0.1, 0.15) is 65.4 Å². The van der Waals surface area contributed by atoms with Crippen LogP contribution in [-0.2, 0) is 11.2 Å². The van der Waals surface area contributed by atoms with Crippen molar-refractivity contribution >= 4 is 21.7 Å². The second-order valence-electron chi connectivity index (χ2n) is 6.57. The van der Waals surface area contributed by atoms with E-state index in [4.69, 9.17) is 0 Å². The summed E-state index contributed by atoms with van der Waals surface area (Å²) < 4.78 is 1.16. The Morgan fingerprint density at radius 1 is 1.22 bits per heavy atom. The SMILES string of the molecule is C=CC(C)=O.CC1CCCC(C)C1.CCCc1ccc(Br)cc1. The van der Waals surface area contributed by atoms with Gasteiger partial charge in [0.05, 0.1) is 0 Å². The Kier molecular flexibility index (Phi) is 13.0. The van der Waals surface area contributed by atoms with Gasteiger partial charge in [-0.05, 0) is 55.4 Å². The van der Waals surface area contributed by atoms with Gasteiger partial charge in [-0.1, -0.05) is 81.1 Å². The lowest BCUT2D eigenvalue weighted by atomic mass is 9.84. The summed E-state index contributed by atoms with van der Waals surface area (Å²) in [5, 5.41) is 0. The number of hydrogen-bond donors (Lipinski definition) is 0. The van der Waals surface area contributed by atoms with E-state index in [0.717, 1.165) is 16.3 Å². The summed E-state index contributed by atoms with van der Waals surface area (Å²) in [4.78, 5) is 9.69. The first-order valence-electron chi connectivity index (χ1n) is 8.76. The van der Waals surface area contributed by atoms with Gasteiger partial charge in [0.2, 0.25) is 0 Å². The molecule has 1 aliphatic rings. The molecule has 0 spiro atoms. The minimum atomic E-state index is 0.0185. The van der Waals surface area contributed by atoms with Crippen LogP contribution in [0.3, 0.4) is 0 Å². The van der Waals surface area contributed by atoms with E-state index in [1.165, 1.54) is 57.1 Å². The number of carbonyl (C=O) groups excluding carboxylic acids is 1. The van der Waals surface area contributed by atoms with Crippen molar-refractivity contribution in [3.63, 3.8) is 0 Å². The van der Waals surface area contributed by atoms with Gasteiger partial charge in [0.25, 0.3) is 0 Å². The third-order valence-corrected chi connectivity index (χ3v) is 4.47. The fourth-order valence-electron chi connectivity index (χ4n) is 2.68. The van der Waals surface area contributed by atoms with Crippen LogP contribution in [0, 0.1) is 11.8 Å². The van der Waals surface area contributed by atoms with Crippen molar-refractivity contribution < 1.29 is 4.79 Å². The largest absolute Gasteiger partial charge is 0.295 e. The van der Waals surface area contributed by atoms with E-state index in [1.807, 2.05) is 0 Å². The maximum Gasteiger partial charge on any atom is 0.152 e. The minimum absolute atomic E-state index is 0.0185. The standard InChI is InChI=1S/C9H11Br.C8H16.C4H6O/c1-2-3-8-4-6-9(10)7-5-8;1-7-4-3-5-8(2)6-7;1-3-4(2)5/h4-7H,2-3H2,1H3;7-8H,3-6H2,1-2H3;3H,1H2,2H3. The summed E-state index contributed by atoms with van der Waals surface area (Å²) >= 11 is 3.40. The Bertz CT molecular complexity index is 428. The lowest BCUT2D eigenvalue weighted by Gasteiger charge is -2.22. The number of benzene rings is 1. The predicted molar refractivity (Wildman–Crippen MR) is 106 cm³/mol. The second-order valence-corrected chi connectivity index (χ2v) is 7.48. The molecule has 23 heavy (non-hydrogen) atoms. The molecule has 0 radical (unpaired) electrons. The van der Waals surface area contributed by atoms with Crippen LogP contribution in [0.4, 0.5) is 0 Å². The summed E-state index contributed by atoms with van der Waals surface area (Å²) in [6.45, 7) is 11.6. The molecule has 0 aliphatic heterocycles. The third kappa shape index (κ3) is 13.3. The van der Waals surface area contributed by atoms with Crippen LogP contribution in [0.5, 0.6) is 0 Å². The van der Waals surface area contributed by atoms with Crippen LogP contribution in [0.2, 0.25) is 0 Å². The summed E-state index contributed by atoms with van der Waals surface area (Å²) in [5.41, 5.74) is 1.42. The molecule has 2 rings (SSSR count). The molecule has 2 atom stereocenters. The van der Waals surface area contributed by atoms with Crippen molar-refractivity contribution in [2.24, 2.45) is 11.8 Å². The number of aryl methyl sites for hydroxylation is 1. The first-order valence-corrected chi connectivity index (χ1v) is 9.55. The molecular formula is C21H33BrO. The highest BCUT2D eigenvalue weighted by Crippen LogP contribution is 2.27. The number of halogens is 1. The molecule has 2 unspecified atom stereocenters. The summed E-state index contributed by atoms with van der Waals surface area (Å²) in [7, 11) is 0. The van der Waals surface area contributed by atoms with Gasteiger partial charge < -0.3 is 0 Å². The smallest absolute Gasteiger partial charge is 0.152 e. The van der Waals surface area contributed by atoms with Crippen LogP contribution < -0.4 is 0 Å². The van der Waals surface area contributed by atoms with Gasteiger partial charge in [-0.3, -0.25) is 4.79 Å². The molecule has 1 saturated carbocycles. The molecule has 1 aliphatic carbocycles. The lowest BCUT2D eigenvalue weighted by molar-refractivity contribution is -0.112. The molecule has 0 heterocycles. The zero-order valence-corrected chi connectivity index (χ0v) is 16.9. The first-order chi connectivity index (χ1) is 10.9. The predicted octanol–water partition coefficient (Wildman–Crippen LogP) is 7.00. The van der Waals surface area contributed by atoms with Crippen LogP contribution in [0.15, 0.2) is 41.4 Å². The van der Waals surface area contributed by atoms with Crippen LogP contribution in [-0.4, -0.2) is 5.78 Å². The van der Waals surface area contributed by atoms with Crippen molar-refractivity contribution in [1.82, 2.24) is 0 Å². The molecule has 1 aromatic rings. The Labute approximate surface area is 151 Å². The number of allylic oxidation sites excluding steroid dienone is 1. The number of rotatable bonds is 3. The maximum absolute atomic E-state index is 9.69. The van der Waals surface area contributed by atoms with Crippen molar-refractivity contribution in [3.8, 4) is 0 Å². The number of ketones is 1. The molecule has 1 nitrogen and oxygen atoms in total. The van der Waals surface area contributed by atoms with Gasteiger partial charge in [0.15, 0.2) is 5.78 Å². The Morgan fingerprint density at radius 2 is 1.70 bits per heavy atom. The van der Waals surface area contributed by atoms with E-state index >= 15 is 0 Å². The van der Waals surface area contributed by atoms with Crippen molar-refractivity contribution in [1.29, 1.82) is 0 Å². The van der Waals surface area contributed by atoms with Crippen molar-refractivity contribution in [2.45, 2.75) is 66.2 Å². The van der Waals surface area contributed by atoms with Crippen LogP contribution in [0.25, 0.3) is 0 Å². The molecule has 0 amide bonds. The molecule has 0 bridgehead atoms. The normalized spacial score (nSPS) is 19.5. The molecule has 1 aromatic carbocycles. The highest BCUT2D eigenvalue weighted by molar-refractivity contribution is 9.10. The van der Waals surface area contributed by atoms with Crippen molar-refractivity contribution in [2.75, 3.05) is 0 Å². The lowest BCUT2D eigenvalue weighted by Crippen LogP contribution is -2.09. The van der Waals surface area contributed by atoms with Gasteiger partial charge in [-0.15, -0.1) is 0 Å². The van der Waals surface area contributed by atoms with Gasteiger partial charge in [-0.2, -0.15) is 0 Å². The van der Waals surface area contributed by atoms with E-state index in [9.17, 15) is 4.79 Å². The van der Waals surface area contributed by atoms with E-state index in [-0.39, 0.29) is 5.78 Å². The van der Waals surface area contributed by atoms with Crippen LogP contribution >= 0.6 is 15.9 Å². The van der Waals surface area contributed by atoms with Gasteiger partial charge in [0.1, 0.15) is 0 Å².